The zero-order chi connectivity index (χ0) is 83.9. The van der Waals surface area contributed by atoms with Gasteiger partial charge in [0.1, 0.15) is 57.5 Å². The van der Waals surface area contributed by atoms with Crippen molar-refractivity contribution in [1.29, 1.82) is 0 Å². The molecule has 28 heteroatoms. The van der Waals surface area contributed by atoms with E-state index in [0.29, 0.717) is 158 Å². The van der Waals surface area contributed by atoms with Crippen LogP contribution in [-0.2, 0) is 115 Å². The molecule has 8 aromatic rings. The Kier molecular flexibility index (Phi) is 34.9. The van der Waals surface area contributed by atoms with E-state index in [9.17, 15) is 19.2 Å². The number of rotatable bonds is 34. The zero-order valence-corrected chi connectivity index (χ0v) is 72.9. The Hall–Kier alpha value is -8.54. The number of fused-ring (bicyclic) bond motifs is 4. The normalized spacial score (nSPS) is 13.3. The van der Waals surface area contributed by atoms with Gasteiger partial charge < -0.3 is 68.6 Å². The lowest BCUT2D eigenvalue weighted by atomic mass is 9.89. The largest absolute Gasteiger partial charge is 0.496 e. The third kappa shape index (κ3) is 21.9. The molecule has 4 heterocycles. The Labute approximate surface area is 693 Å². The molecule has 0 bridgehead atoms. The van der Waals surface area contributed by atoms with Gasteiger partial charge >= 0.3 is 0 Å². The van der Waals surface area contributed by atoms with E-state index in [1.807, 2.05) is 67.5 Å². The highest BCUT2D eigenvalue weighted by Crippen LogP contribution is 2.40. The summed E-state index contributed by atoms with van der Waals surface area (Å²) in [6.07, 6.45) is 15.5. The lowest BCUT2D eigenvalue weighted by Crippen LogP contribution is -2.35. The number of hydrogen-bond acceptors (Lipinski definition) is 22. The minimum atomic E-state index is -0.137. The van der Waals surface area contributed by atoms with E-state index in [2.05, 4.69) is 57.7 Å². The van der Waals surface area contributed by atoms with Crippen molar-refractivity contribution in [3.63, 3.8) is 0 Å². The fourth-order valence-electron chi connectivity index (χ4n) is 16.0. The first-order valence-corrected chi connectivity index (χ1v) is 41.3. The van der Waals surface area contributed by atoms with Crippen LogP contribution in [0.25, 0.3) is 45.6 Å². The predicted molar refractivity (Wildman–Crippen MR) is 462 cm³/mol. The Morgan fingerprint density at radius 3 is 0.724 bits per heavy atom. The molecule has 26 nitrogen and oxygen atoms in total. The maximum atomic E-state index is 13.4. The molecule has 4 aromatic heterocycles. The summed E-state index contributed by atoms with van der Waals surface area (Å²) >= 11 is 13.2. The van der Waals surface area contributed by atoms with E-state index in [0.717, 1.165) is 98.0 Å². The van der Waals surface area contributed by atoms with Gasteiger partial charge in [-0.3, -0.25) is 37.4 Å². The van der Waals surface area contributed by atoms with Gasteiger partial charge in [-0.25, -0.2) is 19.9 Å². The summed E-state index contributed by atoms with van der Waals surface area (Å²) < 4.78 is 60.0. The molecule has 4 aliphatic carbocycles. The smallest absolute Gasteiger partial charge is 0.277 e. The molecule has 116 heavy (non-hydrogen) atoms. The average molecular weight is 1640 g/mol. The van der Waals surface area contributed by atoms with Gasteiger partial charge in [-0.2, -0.15) is 0 Å². The Morgan fingerprint density at radius 2 is 0.509 bits per heavy atom. The topological polar surface area (TPSA) is 280 Å². The number of methoxy groups -OCH3 is 10. The molecule has 0 saturated carbocycles. The minimum absolute atomic E-state index is 0.100. The SMILES string of the molecule is CCn1c(-c2cc3c(cc2Cl)CCC3)nc(C)c(NC(COC)COC)c1=O.CCn1c(-c2cc3c(cc2Cl)CCCC3)nc(C)c(NC(COC)COC)c1=O.CCn1c(-c2cc3c(cc2OC)CCC3)nc(C)c(NC(COC)COC)c1=O.CCn1c(-c2cc3c(cc2OC)CCCC3)nc(C)c(NC(COC)COC)c1=O. The van der Waals surface area contributed by atoms with Crippen molar-refractivity contribution in [2.45, 2.75) is 196 Å². The summed E-state index contributed by atoms with van der Waals surface area (Å²) in [5.74, 6) is 4.05. The standard InChI is InChI=1S/C23H33N3O4.C22H30ClN3O3.C22H31N3O4.C21H28ClN3O3/c1-6-26-22(19-11-16-9-7-8-10-17(16)12-20(19)30-5)24-15(2)21(23(26)27)25-18(13-28-3)14-29-4;1-5-26-21(18-10-15-8-6-7-9-16(15)11-19(18)23)24-14(2)20(22(26)27)25-17(12-28-3)13-29-4;1-6-25-21(18-10-15-8-7-9-16(15)11-19(18)29-5)23-14(2)20(22(25)26)24-17(12-27-3)13-28-4;1-5-25-20(17-9-14-7-6-8-15(14)10-18(17)22)23-13(2)19(21(25)26)24-16(11-27-3)12-28-4/h11-12,18,25H,6-10,13-14H2,1-5H3;10-11,17,25H,5-9,12-13H2,1-4H3;10-11,17,24H,6-9,12-13H2,1-5H3;9-10,16,24H,5-8,11-12H2,1-4H3. The Morgan fingerprint density at radius 1 is 0.310 bits per heavy atom. The fraction of sp³-hybridized carbons (Fsp3) is 0.545. The van der Waals surface area contributed by atoms with Crippen molar-refractivity contribution in [2.75, 3.05) is 145 Å². The number of halogens is 2. The molecule has 4 aromatic carbocycles. The van der Waals surface area contributed by atoms with Crippen LogP contribution in [0.4, 0.5) is 22.7 Å². The molecular weight excluding hydrogens is 1520 g/mol. The molecule has 0 atom stereocenters. The number of aromatic nitrogens is 8. The molecule has 0 radical (unpaired) electrons. The number of aryl methyl sites for hydroxylation is 12. The maximum absolute atomic E-state index is 13.4. The number of hydrogen-bond donors (Lipinski definition) is 4. The van der Waals surface area contributed by atoms with Crippen LogP contribution in [0.15, 0.2) is 67.7 Å². The number of anilines is 4. The quantitative estimate of drug-likeness (QED) is 0.0292. The fourth-order valence-corrected chi connectivity index (χ4v) is 16.5. The van der Waals surface area contributed by atoms with Crippen LogP contribution >= 0.6 is 23.2 Å². The second-order valence-electron chi connectivity index (χ2n) is 29.8. The molecule has 0 saturated heterocycles. The van der Waals surface area contributed by atoms with Crippen molar-refractivity contribution in [1.82, 2.24) is 38.2 Å². The van der Waals surface area contributed by atoms with Gasteiger partial charge in [0, 0.05) is 94.2 Å². The van der Waals surface area contributed by atoms with E-state index in [-0.39, 0.29) is 46.4 Å². The highest BCUT2D eigenvalue weighted by Gasteiger charge is 2.29. The lowest BCUT2D eigenvalue weighted by Gasteiger charge is -2.23. The highest BCUT2D eigenvalue weighted by molar-refractivity contribution is 6.33. The molecule has 0 amide bonds. The lowest BCUT2D eigenvalue weighted by molar-refractivity contribution is 0.126. The summed E-state index contributed by atoms with van der Waals surface area (Å²) in [7, 11) is 16.4. The summed E-state index contributed by atoms with van der Waals surface area (Å²) in [5, 5.41) is 14.3. The Bertz CT molecular complexity index is 4890. The van der Waals surface area contributed by atoms with Crippen molar-refractivity contribution in [3.05, 3.63) is 167 Å². The van der Waals surface area contributed by atoms with Crippen LogP contribution in [0, 0.1) is 27.7 Å². The number of nitrogens with one attached hydrogen (secondary N) is 4. The predicted octanol–water partition coefficient (Wildman–Crippen LogP) is 13.3. The van der Waals surface area contributed by atoms with Gasteiger partial charge in [0.25, 0.3) is 22.2 Å². The van der Waals surface area contributed by atoms with Crippen LogP contribution < -0.4 is 53.0 Å². The first-order chi connectivity index (χ1) is 56.1. The first-order valence-electron chi connectivity index (χ1n) is 40.5. The molecule has 0 aliphatic heterocycles. The molecule has 0 unspecified atom stereocenters. The van der Waals surface area contributed by atoms with Crippen LogP contribution in [0.1, 0.15) is 134 Å². The molecule has 0 fully saturated rings. The van der Waals surface area contributed by atoms with Gasteiger partial charge in [-0.15, -0.1) is 0 Å². The number of ether oxygens (including phenoxy) is 10. The monoisotopic (exact) mass is 1640 g/mol. The summed E-state index contributed by atoms with van der Waals surface area (Å²) in [6.45, 7) is 20.6. The van der Waals surface area contributed by atoms with Gasteiger partial charge in [0.05, 0.1) is 135 Å². The highest BCUT2D eigenvalue weighted by atomic mass is 35.5. The summed E-state index contributed by atoms with van der Waals surface area (Å²) in [4.78, 5) is 72.5. The molecular formula is C88H122Cl2N12O14. The molecule has 4 N–H and O–H groups in total. The molecule has 4 aliphatic rings. The molecule has 12 rings (SSSR count). The second-order valence-corrected chi connectivity index (χ2v) is 30.6. The zero-order valence-electron chi connectivity index (χ0n) is 71.4. The first kappa shape index (κ1) is 91.4. The van der Waals surface area contributed by atoms with Crippen molar-refractivity contribution < 1.29 is 47.4 Å². The van der Waals surface area contributed by atoms with E-state index in [1.165, 1.54) is 70.2 Å². The van der Waals surface area contributed by atoms with Crippen molar-refractivity contribution >= 4 is 46.0 Å². The van der Waals surface area contributed by atoms with E-state index < -0.39 is 0 Å². The van der Waals surface area contributed by atoms with E-state index in [1.54, 1.807) is 89.4 Å². The van der Waals surface area contributed by atoms with Crippen LogP contribution in [-0.4, -0.2) is 186 Å². The van der Waals surface area contributed by atoms with Gasteiger partial charge in [0.2, 0.25) is 0 Å². The average Bonchev–Trinajstić information content (AvgIpc) is 1.18. The van der Waals surface area contributed by atoms with Gasteiger partial charge in [0.15, 0.2) is 0 Å². The number of benzene rings is 4. The van der Waals surface area contributed by atoms with Crippen LogP contribution in [0.5, 0.6) is 11.5 Å². The maximum Gasteiger partial charge on any atom is 0.277 e. The second kappa shape index (κ2) is 44.3. The summed E-state index contributed by atoms with van der Waals surface area (Å²) in [5.41, 5.74) is 18.0. The third-order valence-electron chi connectivity index (χ3n) is 21.7. The summed E-state index contributed by atoms with van der Waals surface area (Å²) in [6, 6.07) is 16.3. The van der Waals surface area contributed by atoms with Crippen molar-refractivity contribution in [3.8, 4) is 57.1 Å². The van der Waals surface area contributed by atoms with E-state index >= 15 is 0 Å². The van der Waals surface area contributed by atoms with Crippen LogP contribution in [0.3, 0.4) is 0 Å². The van der Waals surface area contributed by atoms with Gasteiger partial charge in [-0.05, 0) is 238 Å². The Balaban J connectivity index is 0.000000177. The minimum Gasteiger partial charge on any atom is -0.496 e. The van der Waals surface area contributed by atoms with Crippen LogP contribution in [0.2, 0.25) is 10.0 Å². The van der Waals surface area contributed by atoms with Gasteiger partial charge in [-0.1, -0.05) is 23.2 Å². The number of nitrogens with zero attached hydrogens (tertiary/aromatic N) is 8. The third-order valence-corrected chi connectivity index (χ3v) is 22.3. The molecule has 632 valence electrons. The van der Waals surface area contributed by atoms with Crippen molar-refractivity contribution in [2.24, 2.45) is 0 Å². The molecule has 0 spiro atoms. The van der Waals surface area contributed by atoms with E-state index in [4.69, 9.17) is 90.5 Å².